The third-order valence-corrected chi connectivity index (χ3v) is 4.19. The van der Waals surface area contributed by atoms with Crippen LogP contribution in [-0.4, -0.2) is 15.8 Å². The molecule has 0 radical (unpaired) electrons. The first-order chi connectivity index (χ1) is 8.15. The Bertz CT molecular complexity index is 337. The zero-order valence-electron chi connectivity index (χ0n) is 11.1. The van der Waals surface area contributed by atoms with Gasteiger partial charge < -0.3 is 5.73 Å². The first-order valence-electron chi connectivity index (χ1n) is 6.88. The van der Waals surface area contributed by atoms with Crippen molar-refractivity contribution in [3.8, 4) is 0 Å². The molecule has 0 bridgehead atoms. The van der Waals surface area contributed by atoms with E-state index in [0.717, 1.165) is 24.7 Å². The number of aromatic nitrogens is 2. The Labute approximate surface area is 104 Å². The van der Waals surface area contributed by atoms with Crippen LogP contribution in [0.2, 0.25) is 0 Å². The summed E-state index contributed by atoms with van der Waals surface area (Å²) in [6, 6.07) is 0.378. The highest BCUT2D eigenvalue weighted by Crippen LogP contribution is 2.30. The van der Waals surface area contributed by atoms with Crippen LogP contribution >= 0.6 is 0 Å². The van der Waals surface area contributed by atoms with Gasteiger partial charge in [0, 0.05) is 19.3 Å². The Morgan fingerprint density at radius 2 is 2.12 bits per heavy atom. The Hall–Kier alpha value is -0.830. The van der Waals surface area contributed by atoms with Crippen molar-refractivity contribution in [3.05, 3.63) is 18.0 Å². The largest absolute Gasteiger partial charge is 0.327 e. The van der Waals surface area contributed by atoms with Crippen LogP contribution in [0.4, 0.5) is 0 Å². The zero-order valence-corrected chi connectivity index (χ0v) is 11.1. The maximum Gasteiger partial charge on any atom is 0.0521 e. The fourth-order valence-electron chi connectivity index (χ4n) is 2.88. The molecule has 2 N–H and O–H groups in total. The van der Waals surface area contributed by atoms with Crippen molar-refractivity contribution >= 4 is 0 Å². The minimum atomic E-state index is 0.378. The molecule has 0 aliphatic heterocycles. The van der Waals surface area contributed by atoms with Gasteiger partial charge in [-0.3, -0.25) is 4.68 Å². The molecule has 3 heteroatoms. The Balaban J connectivity index is 1.75. The molecule has 1 fully saturated rings. The zero-order chi connectivity index (χ0) is 12.3. The molecule has 0 spiro atoms. The van der Waals surface area contributed by atoms with Crippen molar-refractivity contribution in [2.45, 2.75) is 51.5 Å². The van der Waals surface area contributed by atoms with Gasteiger partial charge in [0.25, 0.3) is 0 Å². The molecule has 3 nitrogen and oxygen atoms in total. The minimum absolute atomic E-state index is 0.378. The maximum atomic E-state index is 6.32. The van der Waals surface area contributed by atoms with Gasteiger partial charge in [-0.1, -0.05) is 19.8 Å². The average molecular weight is 235 g/mol. The minimum Gasteiger partial charge on any atom is -0.327 e. The lowest BCUT2D eigenvalue weighted by atomic mass is 9.78. The summed E-state index contributed by atoms with van der Waals surface area (Å²) in [6.45, 7) is 2.36. The summed E-state index contributed by atoms with van der Waals surface area (Å²) in [6.07, 6.45) is 11.6. The number of nitrogens with zero attached hydrogens (tertiary/aromatic N) is 2. The Kier molecular flexibility index (Phi) is 4.21. The van der Waals surface area contributed by atoms with Gasteiger partial charge in [0.15, 0.2) is 0 Å². The van der Waals surface area contributed by atoms with Crippen molar-refractivity contribution < 1.29 is 0 Å². The second-order valence-corrected chi connectivity index (χ2v) is 5.74. The van der Waals surface area contributed by atoms with Gasteiger partial charge in [0.2, 0.25) is 0 Å². The van der Waals surface area contributed by atoms with Gasteiger partial charge in [0.05, 0.1) is 6.20 Å². The van der Waals surface area contributed by atoms with E-state index < -0.39 is 0 Å². The SMILES string of the molecule is CC1CCC(C(N)CCc2cnn(C)c2)CC1. The molecule has 1 aliphatic carbocycles. The summed E-state index contributed by atoms with van der Waals surface area (Å²) in [5, 5.41) is 4.19. The van der Waals surface area contributed by atoms with Crippen LogP contribution in [0.25, 0.3) is 0 Å². The van der Waals surface area contributed by atoms with Crippen LogP contribution in [-0.2, 0) is 13.5 Å². The van der Waals surface area contributed by atoms with Crippen LogP contribution in [0, 0.1) is 11.8 Å². The lowest BCUT2D eigenvalue weighted by Crippen LogP contribution is -2.33. The predicted octanol–water partition coefficient (Wildman–Crippen LogP) is 2.51. The number of hydrogen-bond donors (Lipinski definition) is 1. The summed E-state index contributed by atoms with van der Waals surface area (Å²) in [5.41, 5.74) is 7.63. The van der Waals surface area contributed by atoms with E-state index in [-0.39, 0.29) is 0 Å². The molecule has 1 saturated carbocycles. The number of rotatable bonds is 4. The van der Waals surface area contributed by atoms with Crippen molar-refractivity contribution in [3.63, 3.8) is 0 Å². The molecule has 17 heavy (non-hydrogen) atoms. The third kappa shape index (κ3) is 3.56. The van der Waals surface area contributed by atoms with Gasteiger partial charge in [-0.15, -0.1) is 0 Å². The van der Waals surface area contributed by atoms with E-state index >= 15 is 0 Å². The average Bonchev–Trinajstić information content (AvgIpc) is 2.73. The van der Waals surface area contributed by atoms with Gasteiger partial charge in [0.1, 0.15) is 0 Å². The van der Waals surface area contributed by atoms with Crippen LogP contribution in [0.5, 0.6) is 0 Å². The quantitative estimate of drug-likeness (QED) is 0.871. The fourth-order valence-corrected chi connectivity index (χ4v) is 2.88. The molecule has 1 aromatic heterocycles. The summed E-state index contributed by atoms with van der Waals surface area (Å²) in [5.74, 6) is 1.67. The molecule has 1 atom stereocenters. The molecule has 96 valence electrons. The highest BCUT2D eigenvalue weighted by Gasteiger charge is 2.23. The number of hydrogen-bond acceptors (Lipinski definition) is 2. The van der Waals surface area contributed by atoms with E-state index in [2.05, 4.69) is 18.2 Å². The fraction of sp³-hybridized carbons (Fsp3) is 0.786. The van der Waals surface area contributed by atoms with Crippen LogP contribution < -0.4 is 5.73 Å². The normalized spacial score (nSPS) is 27.0. The number of nitrogens with two attached hydrogens (primary N) is 1. The van der Waals surface area contributed by atoms with Crippen LogP contribution in [0.15, 0.2) is 12.4 Å². The van der Waals surface area contributed by atoms with E-state index in [1.165, 1.54) is 31.2 Å². The molecule has 2 rings (SSSR count). The monoisotopic (exact) mass is 235 g/mol. The second-order valence-electron chi connectivity index (χ2n) is 5.74. The highest BCUT2D eigenvalue weighted by molar-refractivity contribution is 5.04. The first kappa shape index (κ1) is 12.6. The summed E-state index contributed by atoms with van der Waals surface area (Å²) in [4.78, 5) is 0. The van der Waals surface area contributed by atoms with Gasteiger partial charge in [-0.25, -0.2) is 0 Å². The van der Waals surface area contributed by atoms with Gasteiger partial charge in [-0.05, 0) is 43.1 Å². The van der Waals surface area contributed by atoms with Crippen molar-refractivity contribution in [1.82, 2.24) is 9.78 Å². The summed E-state index contributed by atoms with van der Waals surface area (Å²) >= 11 is 0. The van der Waals surface area contributed by atoms with Crippen LogP contribution in [0.1, 0.15) is 44.6 Å². The van der Waals surface area contributed by atoms with E-state index in [4.69, 9.17) is 5.73 Å². The predicted molar refractivity (Wildman–Crippen MR) is 70.6 cm³/mol. The molecular weight excluding hydrogens is 210 g/mol. The third-order valence-electron chi connectivity index (χ3n) is 4.19. The van der Waals surface area contributed by atoms with Gasteiger partial charge >= 0.3 is 0 Å². The lowest BCUT2D eigenvalue weighted by molar-refractivity contribution is 0.248. The number of aryl methyl sites for hydroxylation is 2. The van der Waals surface area contributed by atoms with Crippen molar-refractivity contribution in [1.29, 1.82) is 0 Å². The van der Waals surface area contributed by atoms with Crippen LogP contribution in [0.3, 0.4) is 0 Å². The topological polar surface area (TPSA) is 43.8 Å². The maximum absolute atomic E-state index is 6.32. The molecule has 1 heterocycles. The lowest BCUT2D eigenvalue weighted by Gasteiger charge is -2.30. The molecule has 0 saturated heterocycles. The molecule has 1 aliphatic rings. The molecule has 1 aromatic rings. The summed E-state index contributed by atoms with van der Waals surface area (Å²) in [7, 11) is 1.96. The van der Waals surface area contributed by atoms with E-state index in [9.17, 15) is 0 Å². The van der Waals surface area contributed by atoms with Crippen molar-refractivity contribution in [2.75, 3.05) is 0 Å². The van der Waals surface area contributed by atoms with E-state index in [1.54, 1.807) is 0 Å². The van der Waals surface area contributed by atoms with Gasteiger partial charge in [-0.2, -0.15) is 5.10 Å². The second kappa shape index (κ2) is 5.67. The molecule has 1 unspecified atom stereocenters. The Morgan fingerprint density at radius 3 is 2.71 bits per heavy atom. The molecule has 0 amide bonds. The molecular formula is C14H25N3. The smallest absolute Gasteiger partial charge is 0.0521 e. The first-order valence-corrected chi connectivity index (χ1v) is 6.88. The van der Waals surface area contributed by atoms with Crippen molar-refractivity contribution in [2.24, 2.45) is 24.6 Å². The van der Waals surface area contributed by atoms with E-state index in [1.807, 2.05) is 17.9 Å². The summed E-state index contributed by atoms with van der Waals surface area (Å²) < 4.78 is 1.86. The standard InChI is InChI=1S/C14H25N3/c1-11-3-6-13(7-4-11)14(15)8-5-12-9-16-17(2)10-12/h9-11,13-14H,3-8,15H2,1-2H3. The Morgan fingerprint density at radius 1 is 1.41 bits per heavy atom. The highest BCUT2D eigenvalue weighted by atomic mass is 15.2. The van der Waals surface area contributed by atoms with E-state index in [0.29, 0.717) is 6.04 Å². The molecule has 0 aromatic carbocycles.